The molecule has 0 aliphatic heterocycles. The van der Waals surface area contributed by atoms with Gasteiger partial charge in [0.25, 0.3) is 0 Å². The summed E-state index contributed by atoms with van der Waals surface area (Å²) in [6.45, 7) is 0. The fraction of sp³-hybridized carbons (Fsp3) is 0. The lowest BCUT2D eigenvalue weighted by molar-refractivity contribution is 1.52. The summed E-state index contributed by atoms with van der Waals surface area (Å²) in [6.07, 6.45) is 0. The van der Waals surface area contributed by atoms with Crippen molar-refractivity contribution in [2.75, 3.05) is 0 Å². The summed E-state index contributed by atoms with van der Waals surface area (Å²) >= 11 is 0. The summed E-state index contributed by atoms with van der Waals surface area (Å²) in [5, 5.41) is 62.5. The molecule has 6 aromatic rings. The first kappa shape index (κ1) is 47.4. The van der Waals surface area contributed by atoms with Gasteiger partial charge in [-0.15, -0.1) is 0 Å². The van der Waals surface area contributed by atoms with Crippen LogP contribution in [0.15, 0.2) is 16.7 Å². The first-order valence-corrected chi connectivity index (χ1v) is 18.5. The monoisotopic (exact) mass is 786 g/mol. The van der Waals surface area contributed by atoms with E-state index < -0.39 is 16.7 Å². The average molecular weight is 783 g/mol. The van der Waals surface area contributed by atoms with E-state index in [0.29, 0.717) is 0 Å². The van der Waals surface area contributed by atoms with E-state index in [1.54, 1.807) is 0 Å². The number of nitrogens with zero attached hydrogens (tertiary/aromatic N) is 6. The quantitative estimate of drug-likeness (QED) is 0.129. The second kappa shape index (κ2) is 16.7. The van der Waals surface area contributed by atoms with Crippen molar-refractivity contribution in [2.45, 2.75) is 0 Å². The Balaban J connectivity index is 1.77. The fourth-order valence-electron chi connectivity index (χ4n) is 8.54. The van der Waals surface area contributed by atoms with Crippen molar-refractivity contribution < 1.29 is 0 Å². The van der Waals surface area contributed by atoms with E-state index in [-0.39, 0.29) is 181 Å². The van der Waals surface area contributed by atoms with Crippen LogP contribution in [-0.4, -0.2) is 141 Å². The summed E-state index contributed by atoms with van der Waals surface area (Å²) in [5.74, 6) is 0. The lowest BCUT2D eigenvalue weighted by atomic mass is 9.61. The van der Waals surface area contributed by atoms with E-state index >= 15 is 0 Å². The highest BCUT2D eigenvalue weighted by Gasteiger charge is 2.43. The van der Waals surface area contributed by atoms with E-state index in [9.17, 15) is 31.6 Å². The topological polar surface area (TPSA) is 143 Å². The lowest BCUT2D eigenvalue weighted by Gasteiger charge is -2.24. The van der Waals surface area contributed by atoms with Crippen molar-refractivity contribution in [1.82, 2.24) is 0 Å². The van der Waals surface area contributed by atoms with E-state index in [1.807, 2.05) is 36.4 Å². The molecule has 0 saturated heterocycles. The normalized spacial score (nSPS) is 11.6. The van der Waals surface area contributed by atoms with Gasteiger partial charge in [0.15, 0.2) is 0 Å². The van der Waals surface area contributed by atoms with Gasteiger partial charge in [-0.2, -0.15) is 31.6 Å². The number of benzene rings is 6. The van der Waals surface area contributed by atoms with Gasteiger partial charge in [0.2, 0.25) is 0 Å². The summed E-state index contributed by atoms with van der Waals surface area (Å²) < 4.78 is 0. The summed E-state index contributed by atoms with van der Waals surface area (Å²) in [4.78, 5) is 0. The minimum atomic E-state index is -0.430. The maximum atomic E-state index is 11.2. The Morgan fingerprint density at radius 3 is 0.591 bits per heavy atom. The maximum absolute atomic E-state index is 11.2. The Bertz CT molecular complexity index is 3400. The van der Waals surface area contributed by atoms with Crippen LogP contribution in [0.3, 0.4) is 0 Å². The van der Waals surface area contributed by atoms with Crippen LogP contribution in [0.4, 0.5) is 0 Å². The second-order valence-electron chi connectivity index (χ2n) is 14.9. The number of allylic oxidation sites excluding steroid dienone is 6. The minimum Gasteiger partial charge on any atom is -0.192 e. The Morgan fingerprint density at radius 1 is 0.227 bits per heavy atom. The van der Waals surface area contributed by atoms with Crippen LogP contribution in [-0.2, 0) is 0 Å². The molecule has 0 unspecified atom stereocenters. The van der Waals surface area contributed by atoms with Crippen LogP contribution in [0, 0.1) is 68.0 Å². The van der Waals surface area contributed by atoms with Gasteiger partial charge in [0.05, 0.1) is 34.9 Å². The molecule has 0 amide bonds. The summed E-state index contributed by atoms with van der Waals surface area (Å²) in [5.41, 5.74) is -8.41. The molecule has 0 aromatic heterocycles. The second-order valence-corrected chi connectivity index (χ2v) is 14.9. The number of fused-ring (bicyclic) bond motifs is 3. The van der Waals surface area contributed by atoms with Gasteiger partial charge in [-0.25, -0.2) is 0 Å². The third-order valence-corrected chi connectivity index (χ3v) is 11.8. The smallest absolute Gasteiger partial charge is 0.116 e. The molecule has 6 aromatic carbocycles. The molecular formula is C42B18N6. The fourth-order valence-corrected chi connectivity index (χ4v) is 8.54. The highest BCUT2D eigenvalue weighted by Crippen LogP contribution is 2.55. The molecule has 1 fully saturated rings. The van der Waals surface area contributed by atoms with Gasteiger partial charge in [-0.3, -0.25) is 0 Å². The molecule has 7 rings (SSSR count). The molecular weight excluding hydrogens is 783 g/mol. The summed E-state index contributed by atoms with van der Waals surface area (Å²) in [6, 6.07) is 11.7. The molecule has 0 spiro atoms. The van der Waals surface area contributed by atoms with Crippen molar-refractivity contribution in [3.8, 4) is 36.4 Å². The SMILES string of the molecule is [B]c1c(C(C#N)=C2C(=C(C#N)c3c([B])c([B])c4c([B])c(C#N)c([B])c([B])c4c3[B])C2=C(C#N)c2c([B])c([B])c3c([B])c(C#N)c([B])c([B])c3c2[B])c([B])c2c([B])c([B])c(C#N)c([B])c2c1[B]. The standard InChI is InChI=1S/C42B18N6/c43-25-10(4-64)28(46)37(55)22-19(25)40(58)34(52)16(31(22)49)7(1-61)13-14(8(2-62)17-32(50)23-20(41(59)35(17)53)26(44)11(5-65)29(47)38(23)56)15(13)9(3-63)18-33(51)24-21(42(60)36(18)54)27(45)12(6-66)30(48)39(24)57. The third-order valence-electron chi connectivity index (χ3n) is 11.8. The Labute approximate surface area is 404 Å². The Kier molecular flexibility index (Phi) is 12.0. The van der Waals surface area contributed by atoms with Crippen LogP contribution in [0.1, 0.15) is 33.4 Å². The number of hydrogen-bond acceptors (Lipinski definition) is 6. The molecule has 6 nitrogen and oxygen atoms in total. The van der Waals surface area contributed by atoms with Gasteiger partial charge < -0.3 is 0 Å². The van der Waals surface area contributed by atoms with Crippen LogP contribution in [0.25, 0.3) is 49.0 Å². The molecule has 36 radical (unpaired) electrons. The number of hydrogen-bond donors (Lipinski definition) is 0. The predicted molar refractivity (Wildman–Crippen MR) is 281 cm³/mol. The molecule has 0 heterocycles. The first-order valence-electron chi connectivity index (χ1n) is 18.5. The first-order chi connectivity index (χ1) is 31.1. The largest absolute Gasteiger partial charge is 0.192 e. The molecule has 0 N–H and O–H groups in total. The van der Waals surface area contributed by atoms with Gasteiger partial charge in [-0.05, 0) is 49.0 Å². The zero-order valence-corrected chi connectivity index (χ0v) is 34.1. The number of nitriles is 6. The van der Waals surface area contributed by atoms with E-state index in [2.05, 4.69) is 0 Å². The van der Waals surface area contributed by atoms with Crippen molar-refractivity contribution >= 4 is 289 Å². The number of rotatable bonds is 3. The zero-order chi connectivity index (χ0) is 49.0. The Hall–Kier alpha value is -6.57. The van der Waals surface area contributed by atoms with Gasteiger partial charge in [0, 0.05) is 33.4 Å². The Morgan fingerprint density at radius 2 is 0.409 bits per heavy atom. The lowest BCUT2D eigenvalue weighted by Crippen LogP contribution is -2.45. The van der Waals surface area contributed by atoms with Crippen LogP contribution < -0.4 is 98.3 Å². The highest BCUT2D eigenvalue weighted by atomic mass is 14.5. The predicted octanol–water partition coefficient (Wildman–Crippen LogP) is -12.7. The zero-order valence-electron chi connectivity index (χ0n) is 34.1. The van der Waals surface area contributed by atoms with Crippen molar-refractivity contribution in [2.24, 2.45) is 0 Å². The molecule has 0 bridgehead atoms. The van der Waals surface area contributed by atoms with Crippen LogP contribution >= 0.6 is 0 Å². The maximum Gasteiger partial charge on any atom is 0.116 e. The van der Waals surface area contributed by atoms with Crippen LogP contribution in [0.2, 0.25) is 0 Å². The van der Waals surface area contributed by atoms with Crippen molar-refractivity contribution in [3.05, 3.63) is 50.1 Å². The summed E-state index contributed by atoms with van der Waals surface area (Å²) in [7, 11) is 117. The van der Waals surface area contributed by atoms with Crippen molar-refractivity contribution in [3.63, 3.8) is 0 Å². The minimum absolute atomic E-state index is 0.0530. The van der Waals surface area contributed by atoms with E-state index in [1.165, 1.54) is 0 Å². The highest BCUT2D eigenvalue weighted by molar-refractivity contribution is 6.70. The van der Waals surface area contributed by atoms with Crippen LogP contribution in [0.5, 0.6) is 0 Å². The molecule has 66 heavy (non-hydrogen) atoms. The molecule has 1 aliphatic rings. The van der Waals surface area contributed by atoms with Gasteiger partial charge in [-0.1, -0.05) is 98.3 Å². The van der Waals surface area contributed by atoms with Gasteiger partial charge in [0.1, 0.15) is 159 Å². The molecule has 1 aliphatic carbocycles. The van der Waals surface area contributed by atoms with Crippen molar-refractivity contribution in [1.29, 1.82) is 31.6 Å². The molecule has 0 atom stereocenters. The van der Waals surface area contributed by atoms with E-state index in [4.69, 9.17) is 141 Å². The van der Waals surface area contributed by atoms with Gasteiger partial charge >= 0.3 is 0 Å². The molecule has 24 heteroatoms. The average Bonchev–Trinajstić information content (AvgIpc) is 4.00. The van der Waals surface area contributed by atoms with E-state index in [0.717, 1.165) is 0 Å². The third kappa shape index (κ3) is 6.22. The molecule has 1 saturated carbocycles. The molecule has 252 valence electrons.